The first kappa shape index (κ1) is 16.9. The van der Waals surface area contributed by atoms with Crippen LogP contribution in [0.1, 0.15) is 21.1 Å². The molecule has 0 spiro atoms. The van der Waals surface area contributed by atoms with E-state index >= 15 is 0 Å². The van der Waals surface area contributed by atoms with Crippen LogP contribution in [0.2, 0.25) is 0 Å². The van der Waals surface area contributed by atoms with Crippen LogP contribution >= 0.6 is 11.3 Å². The Hall–Kier alpha value is -3.52. The van der Waals surface area contributed by atoms with E-state index in [1.807, 2.05) is 36.4 Å². The van der Waals surface area contributed by atoms with Gasteiger partial charge in [0, 0.05) is 12.1 Å². The molecule has 1 amide bonds. The Morgan fingerprint density at radius 1 is 1.11 bits per heavy atom. The Labute approximate surface area is 157 Å². The van der Waals surface area contributed by atoms with Crippen LogP contribution in [0.5, 0.6) is 0 Å². The molecule has 0 aliphatic rings. The van der Waals surface area contributed by atoms with Gasteiger partial charge in [0.2, 0.25) is 0 Å². The van der Waals surface area contributed by atoms with Crippen molar-refractivity contribution in [3.63, 3.8) is 0 Å². The molecule has 4 rings (SSSR count). The average molecular weight is 379 g/mol. The molecule has 0 bridgehead atoms. The van der Waals surface area contributed by atoms with Gasteiger partial charge >= 0.3 is 5.88 Å². The number of aromatic nitrogens is 1. The summed E-state index contributed by atoms with van der Waals surface area (Å²) >= 11 is 1.66. The second kappa shape index (κ2) is 7.00. The van der Waals surface area contributed by atoms with E-state index in [1.54, 1.807) is 23.5 Å². The van der Waals surface area contributed by atoms with Crippen molar-refractivity contribution in [2.45, 2.75) is 6.42 Å². The number of para-hydroxylation sites is 1. The maximum atomic E-state index is 12.1. The van der Waals surface area contributed by atoms with Gasteiger partial charge in [-0.1, -0.05) is 24.3 Å². The number of rotatable bonds is 5. The predicted molar refractivity (Wildman–Crippen MR) is 102 cm³/mol. The molecule has 134 valence electrons. The number of hydrogen-bond acceptors (Lipinski definition) is 6. The third-order valence-electron chi connectivity index (χ3n) is 3.90. The second-order valence-electron chi connectivity index (χ2n) is 5.80. The molecule has 8 heteroatoms. The van der Waals surface area contributed by atoms with Gasteiger partial charge < -0.3 is 9.73 Å². The summed E-state index contributed by atoms with van der Waals surface area (Å²) in [5.41, 5.74) is 2.64. The summed E-state index contributed by atoms with van der Waals surface area (Å²) in [7, 11) is 0. The van der Waals surface area contributed by atoms with Crippen molar-refractivity contribution < 1.29 is 14.1 Å². The number of anilines is 1. The molecule has 7 nitrogen and oxygen atoms in total. The van der Waals surface area contributed by atoms with Crippen LogP contribution in [-0.4, -0.2) is 15.8 Å². The molecule has 0 atom stereocenters. The third-order valence-corrected chi connectivity index (χ3v) is 4.94. The van der Waals surface area contributed by atoms with Gasteiger partial charge in [0.15, 0.2) is 5.76 Å². The Bertz CT molecular complexity index is 1100. The summed E-state index contributed by atoms with van der Waals surface area (Å²) in [6.07, 6.45) is 0.706. The number of benzene rings is 2. The van der Waals surface area contributed by atoms with E-state index in [9.17, 15) is 14.9 Å². The average Bonchev–Trinajstić information content (AvgIpc) is 3.30. The number of amides is 1. The minimum atomic E-state index is -0.687. The zero-order valence-corrected chi connectivity index (χ0v) is 14.7. The van der Waals surface area contributed by atoms with Gasteiger partial charge in [0.1, 0.15) is 4.92 Å². The molecule has 2 aromatic heterocycles. The van der Waals surface area contributed by atoms with Crippen LogP contribution in [0.15, 0.2) is 65.1 Å². The molecule has 27 heavy (non-hydrogen) atoms. The van der Waals surface area contributed by atoms with E-state index < -0.39 is 16.7 Å². The number of fused-ring (bicyclic) bond motifs is 1. The largest absolute Gasteiger partial charge is 0.433 e. The Kier molecular flexibility index (Phi) is 4.39. The number of carbonyl (C=O) groups is 1. The van der Waals surface area contributed by atoms with Gasteiger partial charge in [-0.25, -0.2) is 4.98 Å². The van der Waals surface area contributed by atoms with Crippen LogP contribution < -0.4 is 5.32 Å². The lowest BCUT2D eigenvalue weighted by atomic mass is 10.1. The van der Waals surface area contributed by atoms with E-state index in [4.69, 9.17) is 4.42 Å². The van der Waals surface area contributed by atoms with Crippen LogP contribution in [0, 0.1) is 10.1 Å². The molecule has 0 radical (unpaired) electrons. The standard InChI is InChI=1S/C19H13N3O4S/c23-19(15-9-10-18(26-15)22(24)25)20-13-7-5-12(6-8-13)11-17-21-14-3-1-2-4-16(14)27-17/h1-10H,11H2,(H,20,23). The summed E-state index contributed by atoms with van der Waals surface area (Å²) in [6, 6.07) is 17.8. The van der Waals surface area contributed by atoms with Crippen LogP contribution in [0.25, 0.3) is 10.2 Å². The minimum absolute atomic E-state index is 0.111. The van der Waals surface area contributed by atoms with Crippen LogP contribution in [-0.2, 0) is 6.42 Å². The lowest BCUT2D eigenvalue weighted by Gasteiger charge is -2.04. The molecular formula is C19H13N3O4S. The minimum Gasteiger partial charge on any atom is -0.395 e. The number of carbonyl (C=O) groups excluding carboxylic acids is 1. The molecular weight excluding hydrogens is 366 g/mol. The number of thiazole rings is 1. The Balaban J connectivity index is 1.43. The van der Waals surface area contributed by atoms with Gasteiger partial charge in [0.25, 0.3) is 5.91 Å². The van der Waals surface area contributed by atoms with Crippen molar-refractivity contribution in [3.05, 3.63) is 87.1 Å². The molecule has 0 aliphatic carbocycles. The summed E-state index contributed by atoms with van der Waals surface area (Å²) in [5.74, 6) is -1.12. The van der Waals surface area contributed by atoms with Crippen molar-refractivity contribution in [2.75, 3.05) is 5.32 Å². The highest BCUT2D eigenvalue weighted by Crippen LogP contribution is 2.24. The monoisotopic (exact) mass is 379 g/mol. The van der Waals surface area contributed by atoms with Gasteiger partial charge in [-0.3, -0.25) is 14.9 Å². The molecule has 2 heterocycles. The number of hydrogen-bond donors (Lipinski definition) is 1. The fourth-order valence-corrected chi connectivity index (χ4v) is 3.62. The number of nitrogens with one attached hydrogen (secondary N) is 1. The van der Waals surface area contributed by atoms with E-state index in [2.05, 4.69) is 10.3 Å². The molecule has 0 saturated heterocycles. The molecule has 1 N–H and O–H groups in total. The van der Waals surface area contributed by atoms with Crippen molar-refractivity contribution in [1.82, 2.24) is 4.98 Å². The highest BCUT2D eigenvalue weighted by atomic mass is 32.1. The highest BCUT2D eigenvalue weighted by Gasteiger charge is 2.17. The quantitative estimate of drug-likeness (QED) is 0.402. The molecule has 0 fully saturated rings. The number of furan rings is 1. The summed E-state index contributed by atoms with van der Waals surface area (Å²) in [5, 5.41) is 14.3. The van der Waals surface area contributed by atoms with Crippen molar-refractivity contribution >= 4 is 39.0 Å². The number of nitrogens with zero attached hydrogens (tertiary/aromatic N) is 2. The highest BCUT2D eigenvalue weighted by molar-refractivity contribution is 7.18. The smallest absolute Gasteiger partial charge is 0.395 e. The molecule has 4 aromatic rings. The van der Waals surface area contributed by atoms with Gasteiger partial charge in [-0.05, 0) is 35.9 Å². The first-order valence-electron chi connectivity index (χ1n) is 8.07. The molecule has 0 aliphatic heterocycles. The lowest BCUT2D eigenvalue weighted by Crippen LogP contribution is -2.10. The van der Waals surface area contributed by atoms with Gasteiger partial charge in [-0.15, -0.1) is 11.3 Å². The predicted octanol–water partition coefficient (Wildman–Crippen LogP) is 4.64. The lowest BCUT2D eigenvalue weighted by molar-refractivity contribution is -0.402. The summed E-state index contributed by atoms with van der Waals surface area (Å²) in [6.45, 7) is 0. The maximum Gasteiger partial charge on any atom is 0.433 e. The first-order chi connectivity index (χ1) is 13.1. The van der Waals surface area contributed by atoms with Crippen molar-refractivity contribution in [2.24, 2.45) is 0 Å². The second-order valence-corrected chi connectivity index (χ2v) is 6.91. The normalized spacial score (nSPS) is 10.8. The van der Waals surface area contributed by atoms with E-state index in [1.165, 1.54) is 6.07 Å². The van der Waals surface area contributed by atoms with E-state index in [-0.39, 0.29) is 5.76 Å². The molecule has 2 aromatic carbocycles. The van der Waals surface area contributed by atoms with Crippen LogP contribution in [0.3, 0.4) is 0 Å². The fourth-order valence-electron chi connectivity index (χ4n) is 2.62. The van der Waals surface area contributed by atoms with Crippen molar-refractivity contribution in [1.29, 1.82) is 0 Å². The first-order valence-corrected chi connectivity index (χ1v) is 8.89. The zero-order valence-electron chi connectivity index (χ0n) is 13.9. The van der Waals surface area contributed by atoms with Gasteiger partial charge in [0.05, 0.1) is 21.3 Å². The zero-order chi connectivity index (χ0) is 18.8. The topological polar surface area (TPSA) is 98.3 Å². The Morgan fingerprint density at radius 3 is 2.59 bits per heavy atom. The molecule has 0 saturated carbocycles. The third kappa shape index (κ3) is 3.70. The summed E-state index contributed by atoms with van der Waals surface area (Å²) < 4.78 is 6.05. The summed E-state index contributed by atoms with van der Waals surface area (Å²) in [4.78, 5) is 26.6. The number of nitro groups is 1. The van der Waals surface area contributed by atoms with Crippen molar-refractivity contribution in [3.8, 4) is 0 Å². The Morgan fingerprint density at radius 2 is 1.89 bits per heavy atom. The van der Waals surface area contributed by atoms with E-state index in [0.29, 0.717) is 12.1 Å². The SMILES string of the molecule is O=C(Nc1ccc(Cc2nc3ccccc3s2)cc1)c1ccc([N+](=O)[O-])o1. The maximum absolute atomic E-state index is 12.1. The molecule has 0 unspecified atom stereocenters. The van der Waals surface area contributed by atoms with Crippen LogP contribution in [0.4, 0.5) is 11.6 Å². The van der Waals surface area contributed by atoms with E-state index in [0.717, 1.165) is 26.9 Å². The fraction of sp³-hybridized carbons (Fsp3) is 0.0526. The van der Waals surface area contributed by atoms with Gasteiger partial charge in [-0.2, -0.15) is 0 Å².